The SMILES string of the molecule is CNC(=O)N(CCCC(C)OC)C(=O)C1C(N=S(=O)=O)C1c1ccccc1. The standard InChI is InChI=1S/C18H25N3O5S/c1-12(26-3)8-7-11-21(18(23)19-2)17(22)15-14(16(15)20-27(24)25)13-9-5-4-6-10-13/h4-6,9-10,12,14-16H,7-8,11H2,1-3H3,(H,19,23). The Labute approximate surface area is 160 Å². The highest BCUT2D eigenvalue weighted by Gasteiger charge is 2.58. The Hall–Kier alpha value is -2.26. The zero-order valence-electron chi connectivity index (χ0n) is 15.7. The minimum atomic E-state index is -2.62. The first-order chi connectivity index (χ1) is 12.9. The van der Waals surface area contributed by atoms with E-state index in [4.69, 9.17) is 4.74 Å². The Morgan fingerprint density at radius 3 is 2.52 bits per heavy atom. The molecule has 2 rings (SSSR count). The second kappa shape index (κ2) is 9.61. The summed E-state index contributed by atoms with van der Waals surface area (Å²) >= 11 is 0. The number of rotatable bonds is 8. The number of amides is 3. The molecule has 0 spiro atoms. The molecule has 148 valence electrons. The van der Waals surface area contributed by atoms with E-state index in [0.717, 1.165) is 10.5 Å². The van der Waals surface area contributed by atoms with E-state index in [-0.39, 0.29) is 18.6 Å². The predicted octanol–water partition coefficient (Wildman–Crippen LogP) is 1.81. The molecule has 1 aromatic rings. The molecule has 0 aliphatic heterocycles. The Kier molecular flexibility index (Phi) is 7.49. The van der Waals surface area contributed by atoms with Crippen LogP contribution in [0.4, 0.5) is 4.79 Å². The Bertz CT molecular complexity index is 788. The molecule has 1 saturated carbocycles. The van der Waals surface area contributed by atoms with Crippen molar-refractivity contribution in [1.29, 1.82) is 0 Å². The van der Waals surface area contributed by atoms with Crippen LogP contribution in [0, 0.1) is 5.92 Å². The number of ether oxygens (including phenoxy) is 1. The van der Waals surface area contributed by atoms with Crippen LogP contribution in [0.25, 0.3) is 0 Å². The van der Waals surface area contributed by atoms with E-state index in [1.165, 1.54) is 7.05 Å². The summed E-state index contributed by atoms with van der Waals surface area (Å²) in [4.78, 5) is 26.4. The Balaban J connectivity index is 2.18. The van der Waals surface area contributed by atoms with Crippen molar-refractivity contribution in [2.45, 2.75) is 37.8 Å². The number of carbonyl (C=O) groups excluding carboxylic acids is 2. The van der Waals surface area contributed by atoms with Gasteiger partial charge in [-0.05, 0) is 25.3 Å². The monoisotopic (exact) mass is 395 g/mol. The van der Waals surface area contributed by atoms with E-state index >= 15 is 0 Å². The number of hydrogen-bond donors (Lipinski definition) is 1. The fourth-order valence-electron chi connectivity index (χ4n) is 3.19. The zero-order chi connectivity index (χ0) is 20.0. The normalized spacial score (nSPS) is 21.8. The Morgan fingerprint density at radius 2 is 1.96 bits per heavy atom. The number of urea groups is 1. The maximum Gasteiger partial charge on any atom is 0.323 e. The van der Waals surface area contributed by atoms with Gasteiger partial charge in [0.2, 0.25) is 5.91 Å². The van der Waals surface area contributed by atoms with Crippen LogP contribution in [-0.4, -0.2) is 58.1 Å². The molecule has 1 fully saturated rings. The lowest BCUT2D eigenvalue weighted by Crippen LogP contribution is -2.44. The molecule has 1 aliphatic rings. The summed E-state index contributed by atoms with van der Waals surface area (Å²) in [5.74, 6) is -1.42. The lowest BCUT2D eigenvalue weighted by atomic mass is 10.1. The molecule has 1 aromatic carbocycles. The molecule has 9 heteroatoms. The number of nitrogens with one attached hydrogen (secondary N) is 1. The molecule has 0 radical (unpaired) electrons. The van der Waals surface area contributed by atoms with Crippen LogP contribution >= 0.6 is 0 Å². The van der Waals surface area contributed by atoms with Gasteiger partial charge in [0, 0.05) is 26.6 Å². The molecule has 4 unspecified atom stereocenters. The van der Waals surface area contributed by atoms with E-state index in [0.29, 0.717) is 12.8 Å². The maximum atomic E-state index is 13.0. The van der Waals surface area contributed by atoms with Crippen LogP contribution in [0.2, 0.25) is 0 Å². The van der Waals surface area contributed by atoms with Crippen LogP contribution in [0.15, 0.2) is 34.7 Å². The highest BCUT2D eigenvalue weighted by atomic mass is 32.2. The van der Waals surface area contributed by atoms with Gasteiger partial charge in [-0.15, -0.1) is 0 Å². The van der Waals surface area contributed by atoms with Gasteiger partial charge in [-0.25, -0.2) is 4.79 Å². The quantitative estimate of drug-likeness (QED) is 0.723. The van der Waals surface area contributed by atoms with Crippen LogP contribution < -0.4 is 5.32 Å². The van der Waals surface area contributed by atoms with Crippen LogP contribution in [-0.2, 0) is 20.0 Å². The molecule has 0 bridgehead atoms. The van der Waals surface area contributed by atoms with Crippen molar-refractivity contribution in [1.82, 2.24) is 10.2 Å². The molecule has 1 N–H and O–H groups in total. The first-order valence-electron chi connectivity index (χ1n) is 8.81. The van der Waals surface area contributed by atoms with Gasteiger partial charge in [0.1, 0.15) is 0 Å². The molecule has 0 saturated heterocycles. The molecule has 8 nitrogen and oxygen atoms in total. The molecule has 0 aromatic heterocycles. The van der Waals surface area contributed by atoms with E-state index in [2.05, 4.69) is 9.68 Å². The number of methoxy groups -OCH3 is 1. The minimum absolute atomic E-state index is 0.0234. The fourth-order valence-corrected chi connectivity index (χ4v) is 3.65. The number of carbonyl (C=O) groups is 2. The van der Waals surface area contributed by atoms with E-state index in [9.17, 15) is 18.0 Å². The maximum absolute atomic E-state index is 13.0. The summed E-state index contributed by atoms with van der Waals surface area (Å²) in [6.45, 7) is 2.15. The molecular weight excluding hydrogens is 370 g/mol. The summed E-state index contributed by atoms with van der Waals surface area (Å²) in [6, 6.07) is 7.96. The number of nitrogens with zero attached hydrogens (tertiary/aromatic N) is 2. The molecule has 0 heterocycles. The molecule has 4 atom stereocenters. The number of imide groups is 1. The third kappa shape index (κ3) is 5.36. The van der Waals surface area contributed by atoms with Crippen molar-refractivity contribution in [3.05, 3.63) is 35.9 Å². The summed E-state index contributed by atoms with van der Waals surface area (Å²) < 4.78 is 30.9. The van der Waals surface area contributed by atoms with Gasteiger partial charge in [0.25, 0.3) is 0 Å². The lowest BCUT2D eigenvalue weighted by Gasteiger charge is -2.21. The summed E-state index contributed by atoms with van der Waals surface area (Å²) in [7, 11) is 0.446. The first-order valence-corrected chi connectivity index (χ1v) is 9.85. The van der Waals surface area contributed by atoms with Crippen molar-refractivity contribution in [2.24, 2.45) is 10.3 Å². The molecule has 27 heavy (non-hydrogen) atoms. The first kappa shape index (κ1) is 21.0. The predicted molar refractivity (Wildman–Crippen MR) is 99.7 cm³/mol. The molecule has 3 amide bonds. The summed E-state index contributed by atoms with van der Waals surface area (Å²) in [5, 5.41) is 2.47. The lowest BCUT2D eigenvalue weighted by molar-refractivity contribution is -0.129. The van der Waals surface area contributed by atoms with Crippen LogP contribution in [0.1, 0.15) is 31.2 Å². The second-order valence-corrected chi connectivity index (χ2v) is 7.15. The van der Waals surface area contributed by atoms with Gasteiger partial charge in [-0.2, -0.15) is 12.8 Å². The smallest absolute Gasteiger partial charge is 0.323 e. The van der Waals surface area contributed by atoms with Crippen molar-refractivity contribution < 1.29 is 22.7 Å². The average molecular weight is 395 g/mol. The van der Waals surface area contributed by atoms with Crippen molar-refractivity contribution in [3.8, 4) is 0 Å². The van der Waals surface area contributed by atoms with Crippen LogP contribution in [0.3, 0.4) is 0 Å². The highest BCUT2D eigenvalue weighted by Crippen LogP contribution is 2.51. The third-order valence-corrected chi connectivity index (χ3v) is 5.19. The van der Waals surface area contributed by atoms with Gasteiger partial charge in [-0.1, -0.05) is 30.3 Å². The van der Waals surface area contributed by atoms with E-state index < -0.39 is 34.4 Å². The minimum Gasteiger partial charge on any atom is -0.382 e. The van der Waals surface area contributed by atoms with Gasteiger partial charge in [0.15, 0.2) is 0 Å². The third-order valence-electron chi connectivity index (χ3n) is 4.78. The van der Waals surface area contributed by atoms with Gasteiger partial charge in [-0.3, -0.25) is 9.69 Å². The molecule has 1 aliphatic carbocycles. The van der Waals surface area contributed by atoms with Gasteiger partial charge < -0.3 is 10.1 Å². The van der Waals surface area contributed by atoms with Crippen molar-refractivity contribution >= 4 is 22.4 Å². The largest absolute Gasteiger partial charge is 0.382 e. The van der Waals surface area contributed by atoms with E-state index in [1.807, 2.05) is 37.3 Å². The summed E-state index contributed by atoms with van der Waals surface area (Å²) in [6.07, 6.45) is 1.31. The highest BCUT2D eigenvalue weighted by molar-refractivity contribution is 7.61. The Morgan fingerprint density at radius 1 is 1.30 bits per heavy atom. The fraction of sp³-hybridized carbons (Fsp3) is 0.556. The van der Waals surface area contributed by atoms with Gasteiger partial charge in [0.05, 0.1) is 18.1 Å². The van der Waals surface area contributed by atoms with E-state index in [1.54, 1.807) is 7.11 Å². The van der Waals surface area contributed by atoms with Gasteiger partial charge >= 0.3 is 16.5 Å². The van der Waals surface area contributed by atoms with Crippen LogP contribution in [0.5, 0.6) is 0 Å². The molecular formula is C18H25N3O5S. The van der Waals surface area contributed by atoms with Crippen molar-refractivity contribution in [3.63, 3.8) is 0 Å². The average Bonchev–Trinajstić information content (AvgIpc) is 3.37. The second-order valence-electron chi connectivity index (χ2n) is 6.51. The number of hydrogen-bond acceptors (Lipinski definition) is 6. The van der Waals surface area contributed by atoms with Crippen molar-refractivity contribution in [2.75, 3.05) is 20.7 Å². The summed E-state index contributed by atoms with van der Waals surface area (Å²) in [5.41, 5.74) is 0.833. The zero-order valence-corrected chi connectivity index (χ0v) is 16.5. The number of benzene rings is 1. The topological polar surface area (TPSA) is 105 Å².